The van der Waals surface area contributed by atoms with Crippen LogP contribution in [0.1, 0.15) is 28.1 Å². The van der Waals surface area contributed by atoms with Crippen LogP contribution in [0.4, 0.5) is 5.69 Å². The van der Waals surface area contributed by atoms with Gasteiger partial charge in [0.1, 0.15) is 11.6 Å². The number of ether oxygens (including phenoxy) is 1. The van der Waals surface area contributed by atoms with Gasteiger partial charge in [0.05, 0.1) is 24.2 Å². The van der Waals surface area contributed by atoms with Crippen LogP contribution in [-0.2, 0) is 11.2 Å². The number of anilines is 1. The topological polar surface area (TPSA) is 69.0 Å². The van der Waals surface area contributed by atoms with Crippen molar-refractivity contribution in [2.24, 2.45) is 0 Å². The van der Waals surface area contributed by atoms with E-state index in [1.807, 2.05) is 43.3 Å². The lowest BCUT2D eigenvalue weighted by Crippen LogP contribution is -2.15. The van der Waals surface area contributed by atoms with Crippen LogP contribution in [0.25, 0.3) is 5.69 Å². The van der Waals surface area contributed by atoms with E-state index < -0.39 is 0 Å². The largest absolute Gasteiger partial charge is 0.495 e. The molecule has 3 aromatic carbocycles. The van der Waals surface area contributed by atoms with Crippen molar-refractivity contribution in [3.05, 3.63) is 94.8 Å². The van der Waals surface area contributed by atoms with E-state index in [0.717, 1.165) is 28.2 Å². The molecule has 0 spiro atoms. The van der Waals surface area contributed by atoms with E-state index in [1.165, 1.54) is 17.3 Å². The van der Waals surface area contributed by atoms with Gasteiger partial charge in [-0.3, -0.25) is 9.36 Å². The third-order valence-corrected chi connectivity index (χ3v) is 6.39. The molecule has 0 aliphatic carbocycles. The zero-order valence-corrected chi connectivity index (χ0v) is 20.6. The second-order valence-electron chi connectivity index (χ2n) is 8.23. The molecule has 4 rings (SSSR count). The molecule has 6 nitrogen and oxygen atoms in total. The van der Waals surface area contributed by atoms with Crippen LogP contribution in [0.15, 0.2) is 71.9 Å². The van der Waals surface area contributed by atoms with Gasteiger partial charge >= 0.3 is 0 Å². The van der Waals surface area contributed by atoms with Crippen molar-refractivity contribution in [3.63, 3.8) is 0 Å². The minimum absolute atomic E-state index is 0.131. The molecule has 0 unspecified atom stereocenters. The van der Waals surface area contributed by atoms with Crippen LogP contribution in [0.3, 0.4) is 0 Å². The SMILES string of the molecule is COc1ccc(C)cc1NC(=O)CSc1nnc(Cc2ccccc2)n1-c1ccc(C)cc1C. The number of carbonyl (C=O) groups is 1. The standard InChI is InChI=1S/C27H28N4O2S/c1-18-10-12-23(20(3)14-18)31-25(16-21-8-6-5-7-9-21)29-30-27(31)34-17-26(32)28-22-15-19(2)11-13-24(22)33-4/h5-15H,16-17H2,1-4H3,(H,28,32). The lowest BCUT2D eigenvalue weighted by atomic mass is 10.1. The first-order valence-corrected chi connectivity index (χ1v) is 12.1. The van der Waals surface area contributed by atoms with Gasteiger partial charge in [-0.25, -0.2) is 0 Å². The average molecular weight is 473 g/mol. The fourth-order valence-corrected chi connectivity index (χ4v) is 4.58. The molecular weight excluding hydrogens is 444 g/mol. The molecule has 34 heavy (non-hydrogen) atoms. The predicted octanol–water partition coefficient (Wildman–Crippen LogP) is 5.52. The van der Waals surface area contributed by atoms with Gasteiger partial charge < -0.3 is 10.1 Å². The quantitative estimate of drug-likeness (QED) is 0.342. The van der Waals surface area contributed by atoms with Crippen LogP contribution in [0.5, 0.6) is 5.75 Å². The monoisotopic (exact) mass is 472 g/mol. The van der Waals surface area contributed by atoms with Crippen molar-refractivity contribution in [2.45, 2.75) is 32.3 Å². The number of hydrogen-bond acceptors (Lipinski definition) is 5. The van der Waals surface area contributed by atoms with E-state index >= 15 is 0 Å². The summed E-state index contributed by atoms with van der Waals surface area (Å²) in [5, 5.41) is 12.6. The number of nitrogens with one attached hydrogen (secondary N) is 1. The van der Waals surface area contributed by atoms with Gasteiger partial charge in [-0.1, -0.05) is 65.9 Å². The summed E-state index contributed by atoms with van der Waals surface area (Å²) in [6.07, 6.45) is 0.647. The zero-order chi connectivity index (χ0) is 24.1. The molecule has 1 heterocycles. The van der Waals surface area contributed by atoms with Crippen LogP contribution in [0.2, 0.25) is 0 Å². The van der Waals surface area contributed by atoms with Crippen molar-refractivity contribution in [1.82, 2.24) is 14.8 Å². The Morgan fingerprint density at radius 3 is 2.44 bits per heavy atom. The van der Waals surface area contributed by atoms with Crippen molar-refractivity contribution in [3.8, 4) is 11.4 Å². The first-order valence-electron chi connectivity index (χ1n) is 11.1. The van der Waals surface area contributed by atoms with Gasteiger partial charge in [0.15, 0.2) is 5.16 Å². The number of nitrogens with zero attached hydrogens (tertiary/aromatic N) is 3. The summed E-state index contributed by atoms with van der Waals surface area (Å²) in [6, 6.07) is 22.2. The third kappa shape index (κ3) is 5.48. The number of aromatic nitrogens is 3. The molecule has 0 saturated heterocycles. The van der Waals surface area contributed by atoms with Crippen LogP contribution < -0.4 is 10.1 Å². The maximum absolute atomic E-state index is 12.8. The van der Waals surface area contributed by atoms with Crippen LogP contribution in [-0.4, -0.2) is 33.5 Å². The van der Waals surface area contributed by atoms with Crippen molar-refractivity contribution < 1.29 is 9.53 Å². The van der Waals surface area contributed by atoms with Crippen molar-refractivity contribution >= 4 is 23.4 Å². The van der Waals surface area contributed by atoms with Gasteiger partial charge in [-0.2, -0.15) is 0 Å². The number of aryl methyl sites for hydroxylation is 3. The summed E-state index contributed by atoms with van der Waals surface area (Å²) in [5.74, 6) is 1.54. The van der Waals surface area contributed by atoms with E-state index in [4.69, 9.17) is 4.74 Å². The first kappa shape index (κ1) is 23.6. The normalized spacial score (nSPS) is 10.8. The molecule has 7 heteroatoms. The van der Waals surface area contributed by atoms with Gasteiger partial charge in [0, 0.05) is 6.42 Å². The maximum Gasteiger partial charge on any atom is 0.234 e. The minimum atomic E-state index is -0.131. The Bertz CT molecular complexity index is 1300. The Morgan fingerprint density at radius 2 is 1.71 bits per heavy atom. The van der Waals surface area contributed by atoms with E-state index in [2.05, 4.69) is 64.3 Å². The molecule has 0 saturated carbocycles. The summed E-state index contributed by atoms with van der Waals surface area (Å²) in [7, 11) is 1.59. The molecular formula is C27H28N4O2S. The number of amides is 1. The van der Waals surface area contributed by atoms with Gasteiger partial charge in [-0.15, -0.1) is 10.2 Å². The van der Waals surface area contributed by atoms with Crippen molar-refractivity contribution in [1.29, 1.82) is 0 Å². The fourth-order valence-electron chi connectivity index (χ4n) is 3.82. The van der Waals surface area contributed by atoms with Gasteiger partial charge in [0.25, 0.3) is 0 Å². The van der Waals surface area contributed by atoms with Crippen LogP contribution in [0, 0.1) is 20.8 Å². The van der Waals surface area contributed by atoms with Crippen LogP contribution >= 0.6 is 11.8 Å². The lowest BCUT2D eigenvalue weighted by molar-refractivity contribution is -0.113. The van der Waals surface area contributed by atoms with E-state index in [-0.39, 0.29) is 11.7 Å². The number of benzene rings is 3. The van der Waals surface area contributed by atoms with Crippen molar-refractivity contribution in [2.75, 3.05) is 18.2 Å². The molecule has 0 bridgehead atoms. The van der Waals surface area contributed by atoms with Gasteiger partial charge in [0.2, 0.25) is 5.91 Å². The molecule has 4 aromatic rings. The molecule has 174 valence electrons. The van der Waals surface area contributed by atoms with E-state index in [9.17, 15) is 4.79 Å². The Hall–Kier alpha value is -3.58. The summed E-state index contributed by atoms with van der Waals surface area (Å²) in [4.78, 5) is 12.8. The lowest BCUT2D eigenvalue weighted by Gasteiger charge is -2.14. The smallest absolute Gasteiger partial charge is 0.234 e. The fraction of sp³-hybridized carbons (Fsp3) is 0.222. The first-order chi connectivity index (χ1) is 16.4. The minimum Gasteiger partial charge on any atom is -0.495 e. The highest BCUT2D eigenvalue weighted by Crippen LogP contribution is 2.28. The summed E-state index contributed by atoms with van der Waals surface area (Å²) in [6.45, 7) is 6.14. The molecule has 0 aliphatic heterocycles. The maximum atomic E-state index is 12.8. The highest BCUT2D eigenvalue weighted by Gasteiger charge is 2.18. The third-order valence-electron chi connectivity index (χ3n) is 5.46. The second kappa shape index (κ2) is 10.6. The Labute approximate surface area is 204 Å². The summed E-state index contributed by atoms with van der Waals surface area (Å²) in [5.41, 5.74) is 6.20. The zero-order valence-electron chi connectivity index (χ0n) is 19.8. The Morgan fingerprint density at radius 1 is 0.971 bits per heavy atom. The number of methoxy groups -OCH3 is 1. The number of hydrogen-bond donors (Lipinski definition) is 1. The van der Waals surface area contributed by atoms with E-state index in [1.54, 1.807) is 7.11 Å². The molecule has 0 aliphatic rings. The number of thioether (sulfide) groups is 1. The summed E-state index contributed by atoms with van der Waals surface area (Å²) >= 11 is 1.37. The number of rotatable bonds is 8. The van der Waals surface area contributed by atoms with Gasteiger partial charge in [-0.05, 0) is 55.7 Å². The molecule has 1 aromatic heterocycles. The molecule has 1 N–H and O–H groups in total. The average Bonchev–Trinajstić information content (AvgIpc) is 3.20. The highest BCUT2D eigenvalue weighted by molar-refractivity contribution is 7.99. The number of carbonyl (C=O) groups excluding carboxylic acids is 1. The molecule has 0 radical (unpaired) electrons. The predicted molar refractivity (Wildman–Crippen MR) is 137 cm³/mol. The Balaban J connectivity index is 1.59. The Kier molecular flexibility index (Phi) is 7.33. The second-order valence-corrected chi connectivity index (χ2v) is 9.17. The highest BCUT2D eigenvalue weighted by atomic mass is 32.2. The molecule has 1 amide bonds. The summed E-state index contributed by atoms with van der Waals surface area (Å²) < 4.78 is 7.44. The van der Waals surface area contributed by atoms with E-state index in [0.29, 0.717) is 23.0 Å². The molecule has 0 fully saturated rings. The molecule has 0 atom stereocenters.